The van der Waals surface area contributed by atoms with Gasteiger partial charge < -0.3 is 15.0 Å². The summed E-state index contributed by atoms with van der Waals surface area (Å²) in [4.78, 5) is 8.86. The number of morpholine rings is 1. The van der Waals surface area contributed by atoms with E-state index in [4.69, 9.17) is 4.74 Å². The van der Waals surface area contributed by atoms with Crippen molar-refractivity contribution in [2.24, 2.45) is 4.99 Å². The molecule has 25 heavy (non-hydrogen) atoms. The molecule has 7 heteroatoms. The van der Waals surface area contributed by atoms with E-state index in [0.717, 1.165) is 31.2 Å². The van der Waals surface area contributed by atoms with Crippen LogP contribution in [0.1, 0.15) is 18.4 Å². The van der Waals surface area contributed by atoms with Gasteiger partial charge in [-0.05, 0) is 37.1 Å². The highest BCUT2D eigenvalue weighted by Crippen LogP contribution is 2.22. The van der Waals surface area contributed by atoms with Gasteiger partial charge in [0.25, 0.3) is 0 Å². The number of fused-ring (bicyclic) bond motifs is 1. The van der Waals surface area contributed by atoms with Crippen molar-refractivity contribution < 1.29 is 9.13 Å². The van der Waals surface area contributed by atoms with Crippen molar-refractivity contribution in [1.82, 2.24) is 15.1 Å². The summed E-state index contributed by atoms with van der Waals surface area (Å²) < 4.78 is 19.3. The molecule has 0 aromatic heterocycles. The Bertz CT molecular complexity index is 586. The van der Waals surface area contributed by atoms with Gasteiger partial charge in [0.1, 0.15) is 5.82 Å². The number of hydrogen-bond acceptors (Lipinski definition) is 3. The van der Waals surface area contributed by atoms with E-state index < -0.39 is 0 Å². The molecule has 1 aromatic rings. The quantitative estimate of drug-likeness (QED) is 0.424. The summed E-state index contributed by atoms with van der Waals surface area (Å²) >= 11 is 0. The Labute approximate surface area is 166 Å². The van der Waals surface area contributed by atoms with Crippen molar-refractivity contribution in [3.63, 3.8) is 0 Å². The van der Waals surface area contributed by atoms with Crippen LogP contribution in [0.4, 0.5) is 4.39 Å². The van der Waals surface area contributed by atoms with E-state index in [2.05, 4.69) is 15.2 Å². The summed E-state index contributed by atoms with van der Waals surface area (Å²) in [6.07, 6.45) is 2.74. The molecule has 3 rings (SSSR count). The molecule has 1 aromatic carbocycles. The third-order valence-electron chi connectivity index (χ3n) is 4.83. The van der Waals surface area contributed by atoms with Crippen LogP contribution in [0.25, 0.3) is 0 Å². The maximum absolute atomic E-state index is 13.3. The fraction of sp³-hybridized carbons (Fsp3) is 0.611. The van der Waals surface area contributed by atoms with Crippen molar-refractivity contribution in [3.05, 3.63) is 35.6 Å². The van der Waals surface area contributed by atoms with Gasteiger partial charge in [0.2, 0.25) is 0 Å². The van der Waals surface area contributed by atoms with Crippen LogP contribution in [-0.2, 0) is 11.3 Å². The molecular weight excluding hydrogens is 434 g/mol. The Morgan fingerprint density at radius 3 is 3.08 bits per heavy atom. The average Bonchev–Trinajstić information content (AvgIpc) is 3.03. The van der Waals surface area contributed by atoms with E-state index >= 15 is 0 Å². The fourth-order valence-corrected chi connectivity index (χ4v) is 3.58. The summed E-state index contributed by atoms with van der Waals surface area (Å²) in [5, 5.41) is 3.38. The van der Waals surface area contributed by atoms with Gasteiger partial charge in [0.15, 0.2) is 5.96 Å². The zero-order valence-corrected chi connectivity index (χ0v) is 17.3. The van der Waals surface area contributed by atoms with Gasteiger partial charge in [0.05, 0.1) is 12.7 Å². The highest BCUT2D eigenvalue weighted by atomic mass is 127. The normalized spacial score (nSPS) is 23.7. The minimum absolute atomic E-state index is 0. The third kappa shape index (κ3) is 5.52. The number of hydrogen-bond donors (Lipinski definition) is 1. The molecule has 2 aliphatic rings. The number of aliphatic imine (C=N–C) groups is 1. The molecule has 140 valence electrons. The lowest BCUT2D eigenvalue weighted by atomic mass is 10.2. The number of nitrogens with one attached hydrogen (secondary N) is 1. The molecule has 2 fully saturated rings. The van der Waals surface area contributed by atoms with Crippen molar-refractivity contribution in [1.29, 1.82) is 0 Å². The molecule has 0 saturated carbocycles. The molecule has 2 unspecified atom stereocenters. The number of halogens is 2. The third-order valence-corrected chi connectivity index (χ3v) is 4.83. The first-order valence-corrected chi connectivity index (χ1v) is 8.67. The fourth-order valence-electron chi connectivity index (χ4n) is 3.58. The lowest BCUT2D eigenvalue weighted by molar-refractivity contribution is -0.0454. The average molecular weight is 462 g/mol. The second-order valence-electron chi connectivity index (χ2n) is 6.66. The van der Waals surface area contributed by atoms with E-state index in [1.807, 2.05) is 18.0 Å². The SMILES string of the molecule is CN=C(NCC1CN2CCCC2CO1)N(C)Cc1cccc(F)c1.I. The molecular formula is C18H28FIN4O. The second kappa shape index (κ2) is 9.68. The number of guanidine groups is 1. The van der Waals surface area contributed by atoms with Crippen LogP contribution >= 0.6 is 24.0 Å². The molecule has 1 N–H and O–H groups in total. The summed E-state index contributed by atoms with van der Waals surface area (Å²) in [5.41, 5.74) is 0.925. The second-order valence-corrected chi connectivity index (χ2v) is 6.66. The van der Waals surface area contributed by atoms with Gasteiger partial charge in [0, 0.05) is 39.8 Å². The lowest BCUT2D eigenvalue weighted by Gasteiger charge is -2.35. The first-order valence-electron chi connectivity index (χ1n) is 8.67. The van der Waals surface area contributed by atoms with Crippen molar-refractivity contribution in [2.45, 2.75) is 31.5 Å². The maximum Gasteiger partial charge on any atom is 0.193 e. The van der Waals surface area contributed by atoms with Crippen LogP contribution in [0.5, 0.6) is 0 Å². The van der Waals surface area contributed by atoms with Crippen molar-refractivity contribution in [3.8, 4) is 0 Å². The summed E-state index contributed by atoms with van der Waals surface area (Å²) in [6, 6.07) is 7.29. The van der Waals surface area contributed by atoms with E-state index in [9.17, 15) is 4.39 Å². The standard InChI is InChI=1S/C18H27FN4O.HI/c1-20-18(22(2)11-14-5-3-6-15(19)9-14)21-10-17-12-23-8-4-7-16(23)13-24-17;/h3,5-6,9,16-17H,4,7-8,10-13H2,1-2H3,(H,20,21);1H. The van der Waals surface area contributed by atoms with Gasteiger partial charge in [-0.15, -0.1) is 24.0 Å². The Balaban J connectivity index is 0.00000225. The summed E-state index contributed by atoms with van der Waals surface area (Å²) in [5.74, 6) is 0.589. The predicted octanol–water partition coefficient (Wildman–Crippen LogP) is 2.31. The van der Waals surface area contributed by atoms with E-state index in [1.165, 1.54) is 25.5 Å². The molecule has 0 radical (unpaired) electrons. The van der Waals surface area contributed by atoms with Crippen LogP contribution in [0.2, 0.25) is 0 Å². The van der Waals surface area contributed by atoms with Gasteiger partial charge in [-0.3, -0.25) is 9.89 Å². The number of rotatable bonds is 4. The molecule has 2 atom stereocenters. The van der Waals surface area contributed by atoms with Gasteiger partial charge >= 0.3 is 0 Å². The van der Waals surface area contributed by atoms with Crippen LogP contribution in [-0.4, -0.2) is 68.2 Å². The van der Waals surface area contributed by atoms with Crippen LogP contribution in [0.15, 0.2) is 29.3 Å². The number of nitrogens with zero attached hydrogens (tertiary/aromatic N) is 3. The predicted molar refractivity (Wildman–Crippen MR) is 109 cm³/mol. The van der Waals surface area contributed by atoms with Gasteiger partial charge in [-0.25, -0.2) is 4.39 Å². The Hall–Kier alpha value is -0.930. The topological polar surface area (TPSA) is 40.1 Å². The molecule has 2 aliphatic heterocycles. The summed E-state index contributed by atoms with van der Waals surface area (Å²) in [6.45, 7) is 4.37. The van der Waals surface area contributed by atoms with Gasteiger partial charge in [-0.2, -0.15) is 0 Å². The first kappa shape index (κ1) is 20.4. The maximum atomic E-state index is 13.3. The van der Waals surface area contributed by atoms with Gasteiger partial charge in [-0.1, -0.05) is 12.1 Å². The largest absolute Gasteiger partial charge is 0.373 e. The Kier molecular flexibility index (Phi) is 7.89. The molecule has 2 saturated heterocycles. The highest BCUT2D eigenvalue weighted by molar-refractivity contribution is 14.0. The Morgan fingerprint density at radius 2 is 2.32 bits per heavy atom. The molecule has 0 bridgehead atoms. The monoisotopic (exact) mass is 462 g/mol. The molecule has 5 nitrogen and oxygen atoms in total. The van der Waals surface area contributed by atoms with Crippen LogP contribution in [0.3, 0.4) is 0 Å². The zero-order chi connectivity index (χ0) is 16.9. The Morgan fingerprint density at radius 1 is 1.48 bits per heavy atom. The lowest BCUT2D eigenvalue weighted by Crippen LogP contribution is -2.51. The van der Waals surface area contributed by atoms with Crippen LogP contribution in [0, 0.1) is 5.82 Å². The van der Waals surface area contributed by atoms with Crippen LogP contribution < -0.4 is 5.32 Å². The minimum atomic E-state index is -0.209. The smallest absolute Gasteiger partial charge is 0.193 e. The van der Waals surface area contributed by atoms with E-state index in [1.54, 1.807) is 19.2 Å². The molecule has 0 aliphatic carbocycles. The highest BCUT2D eigenvalue weighted by Gasteiger charge is 2.32. The molecule has 0 spiro atoms. The first-order chi connectivity index (χ1) is 11.7. The number of benzene rings is 1. The summed E-state index contributed by atoms with van der Waals surface area (Å²) in [7, 11) is 3.72. The molecule has 0 amide bonds. The number of ether oxygens (including phenoxy) is 1. The zero-order valence-electron chi connectivity index (χ0n) is 14.9. The van der Waals surface area contributed by atoms with Crippen molar-refractivity contribution >= 4 is 29.9 Å². The van der Waals surface area contributed by atoms with E-state index in [-0.39, 0.29) is 35.9 Å². The molecule has 2 heterocycles. The van der Waals surface area contributed by atoms with Crippen molar-refractivity contribution in [2.75, 3.05) is 40.3 Å². The minimum Gasteiger partial charge on any atom is -0.373 e. The van der Waals surface area contributed by atoms with E-state index in [0.29, 0.717) is 12.6 Å².